The maximum atomic E-state index is 12.9. The van der Waals surface area contributed by atoms with Crippen LogP contribution in [0.3, 0.4) is 0 Å². The molecule has 0 aliphatic carbocycles. The highest BCUT2D eigenvalue weighted by Crippen LogP contribution is 2.21. The Balaban J connectivity index is 1.61. The van der Waals surface area contributed by atoms with Crippen LogP contribution in [0.5, 0.6) is 0 Å². The first-order valence-corrected chi connectivity index (χ1v) is 10.1. The smallest absolute Gasteiger partial charge is 0.322 e. The fourth-order valence-electron chi connectivity index (χ4n) is 3.77. The zero-order valence-electron chi connectivity index (χ0n) is 16.5. The van der Waals surface area contributed by atoms with E-state index in [0.29, 0.717) is 6.54 Å². The number of amides is 3. The van der Waals surface area contributed by atoms with E-state index in [4.69, 9.17) is 0 Å². The lowest BCUT2D eigenvalue weighted by atomic mass is 9.99. The van der Waals surface area contributed by atoms with Gasteiger partial charge in [0.25, 0.3) is 0 Å². The summed E-state index contributed by atoms with van der Waals surface area (Å²) >= 11 is 0. The van der Waals surface area contributed by atoms with Gasteiger partial charge in [0.05, 0.1) is 0 Å². The Kier molecular flexibility index (Phi) is 7.06. The average molecular weight is 380 g/mol. The van der Waals surface area contributed by atoms with Crippen molar-refractivity contribution in [3.63, 3.8) is 0 Å². The first kappa shape index (κ1) is 19.9. The van der Waals surface area contributed by atoms with E-state index in [9.17, 15) is 9.59 Å². The highest BCUT2D eigenvalue weighted by molar-refractivity contribution is 5.89. The van der Waals surface area contributed by atoms with Crippen molar-refractivity contribution in [3.05, 3.63) is 65.7 Å². The number of urea groups is 1. The first-order chi connectivity index (χ1) is 13.6. The summed E-state index contributed by atoms with van der Waals surface area (Å²) in [6.07, 6.45) is 4.77. The molecule has 1 heterocycles. The van der Waals surface area contributed by atoms with Crippen molar-refractivity contribution in [3.8, 4) is 0 Å². The molecule has 1 aliphatic heterocycles. The Morgan fingerprint density at radius 3 is 2.61 bits per heavy atom. The van der Waals surface area contributed by atoms with Gasteiger partial charge in [0.15, 0.2) is 0 Å². The van der Waals surface area contributed by atoms with Crippen LogP contribution in [0.2, 0.25) is 0 Å². The van der Waals surface area contributed by atoms with Crippen LogP contribution in [0, 0.1) is 0 Å². The summed E-state index contributed by atoms with van der Waals surface area (Å²) in [7, 11) is 0. The van der Waals surface area contributed by atoms with Crippen molar-refractivity contribution < 1.29 is 9.59 Å². The van der Waals surface area contributed by atoms with E-state index >= 15 is 0 Å². The predicted octanol–water partition coefficient (Wildman–Crippen LogP) is 4.19. The molecule has 0 aromatic heterocycles. The van der Waals surface area contributed by atoms with Crippen molar-refractivity contribution >= 4 is 17.6 Å². The van der Waals surface area contributed by atoms with Crippen LogP contribution in [-0.2, 0) is 11.2 Å². The van der Waals surface area contributed by atoms with Crippen molar-refractivity contribution in [1.29, 1.82) is 0 Å². The quantitative estimate of drug-likeness (QED) is 0.790. The molecule has 3 amide bonds. The molecule has 1 saturated heterocycles. The molecule has 2 N–H and O–H groups in total. The van der Waals surface area contributed by atoms with Crippen molar-refractivity contribution in [2.75, 3.05) is 18.4 Å². The van der Waals surface area contributed by atoms with Gasteiger partial charge in [-0.05, 0) is 55.4 Å². The van der Waals surface area contributed by atoms with Gasteiger partial charge in [0.2, 0.25) is 5.91 Å². The fourth-order valence-corrected chi connectivity index (χ4v) is 3.77. The molecule has 28 heavy (non-hydrogen) atoms. The molecule has 0 radical (unpaired) electrons. The third kappa shape index (κ3) is 5.84. The predicted molar refractivity (Wildman–Crippen MR) is 112 cm³/mol. The Hall–Kier alpha value is -2.82. The van der Waals surface area contributed by atoms with Gasteiger partial charge >= 0.3 is 6.03 Å². The summed E-state index contributed by atoms with van der Waals surface area (Å²) in [5.74, 6) is -0.0259. The second kappa shape index (κ2) is 9.93. The number of likely N-dealkylation sites (tertiary alicyclic amines) is 1. The topological polar surface area (TPSA) is 61.4 Å². The van der Waals surface area contributed by atoms with E-state index in [1.165, 1.54) is 18.1 Å². The molecule has 2 aromatic rings. The number of hydrogen-bond donors (Lipinski definition) is 2. The number of anilines is 1. The van der Waals surface area contributed by atoms with Crippen LogP contribution >= 0.6 is 0 Å². The molecule has 1 atom stereocenters. The number of rotatable bonds is 6. The SMILES string of the molecule is CC(=O)NCC[C@H]1CCCCN1C(=O)Nc1cccc(Cc2ccccc2)c1. The molecule has 3 rings (SSSR count). The minimum absolute atomic E-state index is 0.0259. The Morgan fingerprint density at radius 1 is 1.04 bits per heavy atom. The number of nitrogens with one attached hydrogen (secondary N) is 2. The largest absolute Gasteiger partial charge is 0.356 e. The zero-order valence-corrected chi connectivity index (χ0v) is 16.5. The van der Waals surface area contributed by atoms with Gasteiger partial charge in [0.1, 0.15) is 0 Å². The van der Waals surface area contributed by atoms with Crippen LogP contribution < -0.4 is 10.6 Å². The second-order valence-corrected chi connectivity index (χ2v) is 7.41. The molecule has 5 nitrogen and oxygen atoms in total. The number of carbonyl (C=O) groups is 2. The molecule has 0 saturated carbocycles. The number of hydrogen-bond acceptors (Lipinski definition) is 2. The third-order valence-electron chi connectivity index (χ3n) is 5.17. The average Bonchev–Trinajstić information content (AvgIpc) is 2.69. The highest BCUT2D eigenvalue weighted by atomic mass is 16.2. The third-order valence-corrected chi connectivity index (χ3v) is 5.17. The van der Waals surface area contributed by atoms with E-state index in [0.717, 1.165) is 44.3 Å². The summed E-state index contributed by atoms with van der Waals surface area (Å²) in [4.78, 5) is 25.9. The second-order valence-electron chi connectivity index (χ2n) is 7.41. The molecule has 0 bridgehead atoms. The summed E-state index contributed by atoms with van der Waals surface area (Å²) < 4.78 is 0. The minimum Gasteiger partial charge on any atom is -0.356 e. The van der Waals surface area contributed by atoms with E-state index < -0.39 is 0 Å². The molecule has 5 heteroatoms. The normalized spacial score (nSPS) is 16.5. The summed E-state index contributed by atoms with van der Waals surface area (Å²) in [6, 6.07) is 18.5. The van der Waals surface area contributed by atoms with Gasteiger partial charge in [-0.1, -0.05) is 42.5 Å². The van der Waals surface area contributed by atoms with Gasteiger partial charge in [-0.25, -0.2) is 4.79 Å². The van der Waals surface area contributed by atoms with Crippen molar-refractivity contribution in [2.24, 2.45) is 0 Å². The summed E-state index contributed by atoms with van der Waals surface area (Å²) in [5, 5.41) is 5.90. The van der Waals surface area contributed by atoms with Crippen LogP contribution in [0.15, 0.2) is 54.6 Å². The maximum Gasteiger partial charge on any atom is 0.322 e. The van der Waals surface area contributed by atoms with Crippen molar-refractivity contribution in [1.82, 2.24) is 10.2 Å². The molecule has 1 fully saturated rings. The molecule has 0 spiro atoms. The molecular weight excluding hydrogens is 350 g/mol. The number of benzene rings is 2. The molecular formula is C23H29N3O2. The fraction of sp³-hybridized carbons (Fsp3) is 0.391. The van der Waals surface area contributed by atoms with E-state index in [1.54, 1.807) is 0 Å². The standard InChI is InChI=1S/C23H29N3O2/c1-18(27)24-14-13-22-12-5-6-15-26(22)23(28)25-21-11-7-10-20(17-21)16-19-8-3-2-4-9-19/h2-4,7-11,17,22H,5-6,12-16H2,1H3,(H,24,27)(H,25,28)/t22-/m1/s1. The number of piperidine rings is 1. The lowest BCUT2D eigenvalue weighted by molar-refractivity contribution is -0.119. The van der Waals surface area contributed by atoms with Crippen LogP contribution in [-0.4, -0.2) is 36.0 Å². The lowest BCUT2D eigenvalue weighted by Gasteiger charge is -2.35. The first-order valence-electron chi connectivity index (χ1n) is 10.1. The van der Waals surface area contributed by atoms with Gasteiger partial charge in [-0.2, -0.15) is 0 Å². The maximum absolute atomic E-state index is 12.9. The van der Waals surface area contributed by atoms with Gasteiger partial charge in [-0.3, -0.25) is 4.79 Å². The Morgan fingerprint density at radius 2 is 1.82 bits per heavy atom. The summed E-state index contributed by atoms with van der Waals surface area (Å²) in [5.41, 5.74) is 3.24. The van der Waals surface area contributed by atoms with Crippen molar-refractivity contribution in [2.45, 2.75) is 45.1 Å². The highest BCUT2D eigenvalue weighted by Gasteiger charge is 2.26. The number of nitrogens with zero attached hydrogens (tertiary/aromatic N) is 1. The van der Waals surface area contributed by atoms with E-state index in [2.05, 4.69) is 28.8 Å². The van der Waals surface area contributed by atoms with Gasteiger partial charge < -0.3 is 15.5 Å². The van der Waals surface area contributed by atoms with E-state index in [-0.39, 0.29) is 18.0 Å². The minimum atomic E-state index is -0.0515. The Labute approximate surface area is 167 Å². The lowest BCUT2D eigenvalue weighted by Crippen LogP contribution is -2.47. The summed E-state index contributed by atoms with van der Waals surface area (Å²) in [6.45, 7) is 2.89. The monoisotopic (exact) mass is 379 g/mol. The molecule has 0 unspecified atom stereocenters. The zero-order chi connectivity index (χ0) is 19.8. The van der Waals surface area contributed by atoms with Gasteiger partial charge in [0, 0.05) is 31.7 Å². The van der Waals surface area contributed by atoms with Gasteiger partial charge in [-0.15, -0.1) is 0 Å². The van der Waals surface area contributed by atoms with Crippen LogP contribution in [0.1, 0.15) is 43.7 Å². The molecule has 2 aromatic carbocycles. The van der Waals surface area contributed by atoms with Crippen LogP contribution in [0.25, 0.3) is 0 Å². The number of carbonyl (C=O) groups excluding carboxylic acids is 2. The Bertz CT molecular complexity index is 791. The molecule has 1 aliphatic rings. The van der Waals surface area contributed by atoms with Crippen LogP contribution in [0.4, 0.5) is 10.5 Å². The van der Waals surface area contributed by atoms with E-state index in [1.807, 2.05) is 41.3 Å². The molecule has 148 valence electrons.